The summed E-state index contributed by atoms with van der Waals surface area (Å²) in [5.74, 6) is 1.40. The average Bonchev–Trinajstić information content (AvgIpc) is 2.64. The number of hydrogen-bond acceptors (Lipinski definition) is 4. The van der Waals surface area contributed by atoms with Gasteiger partial charge in [0, 0.05) is 18.0 Å². The minimum Gasteiger partial charge on any atom is -0.323 e. The van der Waals surface area contributed by atoms with Gasteiger partial charge in [-0.05, 0) is 25.5 Å². The minimum atomic E-state index is 0.587. The van der Waals surface area contributed by atoms with Crippen molar-refractivity contribution >= 4 is 11.6 Å². The molecule has 0 aliphatic heterocycles. The first kappa shape index (κ1) is 10.2. The molecule has 0 unspecified atom stereocenters. The Morgan fingerprint density at radius 1 is 1.31 bits per heavy atom. The van der Waals surface area contributed by atoms with E-state index < -0.39 is 0 Å². The molecule has 16 heavy (non-hydrogen) atoms. The molecule has 80 valence electrons. The van der Waals surface area contributed by atoms with Crippen molar-refractivity contribution in [1.82, 2.24) is 15.2 Å². The van der Waals surface area contributed by atoms with Gasteiger partial charge in [-0.1, -0.05) is 0 Å². The fraction of sp³-hybridized carbons (Fsp3) is 0.182. The van der Waals surface area contributed by atoms with Gasteiger partial charge in [0.15, 0.2) is 5.82 Å². The van der Waals surface area contributed by atoms with Gasteiger partial charge in [0.25, 0.3) is 0 Å². The SMILES string of the molecule is Cc1cc(Nc2cc(C)c(C#N)cn2)n[nH]1. The first-order valence-corrected chi connectivity index (χ1v) is 4.85. The first-order valence-electron chi connectivity index (χ1n) is 4.85. The summed E-state index contributed by atoms with van der Waals surface area (Å²) in [7, 11) is 0. The lowest BCUT2D eigenvalue weighted by Gasteiger charge is -2.03. The molecular weight excluding hydrogens is 202 g/mol. The van der Waals surface area contributed by atoms with E-state index in [0.29, 0.717) is 17.2 Å². The predicted octanol–water partition coefficient (Wildman–Crippen LogP) is 2.04. The molecule has 0 atom stereocenters. The van der Waals surface area contributed by atoms with Crippen molar-refractivity contribution in [3.63, 3.8) is 0 Å². The second-order valence-electron chi connectivity index (χ2n) is 3.56. The van der Waals surface area contributed by atoms with E-state index in [-0.39, 0.29) is 0 Å². The van der Waals surface area contributed by atoms with Crippen LogP contribution < -0.4 is 5.32 Å². The Hall–Kier alpha value is -2.35. The number of H-pyrrole nitrogens is 1. The van der Waals surface area contributed by atoms with E-state index >= 15 is 0 Å². The average molecular weight is 213 g/mol. The molecule has 0 aliphatic rings. The summed E-state index contributed by atoms with van der Waals surface area (Å²) in [4.78, 5) is 4.13. The van der Waals surface area contributed by atoms with Crippen LogP contribution in [0.3, 0.4) is 0 Å². The van der Waals surface area contributed by atoms with Gasteiger partial charge < -0.3 is 5.32 Å². The number of aromatic amines is 1. The second kappa shape index (κ2) is 4.03. The highest BCUT2D eigenvalue weighted by molar-refractivity contribution is 5.54. The zero-order valence-corrected chi connectivity index (χ0v) is 9.07. The molecule has 5 nitrogen and oxygen atoms in total. The maximum Gasteiger partial charge on any atom is 0.153 e. The second-order valence-corrected chi connectivity index (χ2v) is 3.56. The van der Waals surface area contributed by atoms with Crippen LogP contribution in [0.2, 0.25) is 0 Å². The van der Waals surface area contributed by atoms with Crippen LogP contribution in [-0.4, -0.2) is 15.2 Å². The Labute approximate surface area is 93.1 Å². The van der Waals surface area contributed by atoms with Crippen molar-refractivity contribution in [2.24, 2.45) is 0 Å². The number of nitrogens with one attached hydrogen (secondary N) is 2. The normalized spacial score (nSPS) is 9.81. The third-order valence-electron chi connectivity index (χ3n) is 2.19. The molecule has 2 N–H and O–H groups in total. The summed E-state index contributed by atoms with van der Waals surface area (Å²) in [5.41, 5.74) is 2.46. The number of anilines is 2. The molecule has 0 fully saturated rings. The van der Waals surface area contributed by atoms with Gasteiger partial charge in [-0.15, -0.1) is 0 Å². The van der Waals surface area contributed by atoms with Crippen LogP contribution in [0.15, 0.2) is 18.3 Å². The number of aromatic nitrogens is 3. The molecule has 5 heteroatoms. The highest BCUT2D eigenvalue weighted by atomic mass is 15.2. The molecule has 2 rings (SSSR count). The smallest absolute Gasteiger partial charge is 0.153 e. The predicted molar refractivity (Wildman–Crippen MR) is 60.3 cm³/mol. The van der Waals surface area contributed by atoms with E-state index in [4.69, 9.17) is 5.26 Å². The summed E-state index contributed by atoms with van der Waals surface area (Å²) in [6.45, 7) is 3.80. The van der Waals surface area contributed by atoms with Crippen LogP contribution in [0.25, 0.3) is 0 Å². The molecule has 0 spiro atoms. The largest absolute Gasteiger partial charge is 0.323 e. The highest BCUT2D eigenvalue weighted by Crippen LogP contribution is 2.15. The highest BCUT2D eigenvalue weighted by Gasteiger charge is 2.02. The molecule has 0 radical (unpaired) electrons. The standard InChI is InChI=1S/C11H11N5/c1-7-3-10(13-6-9(7)5-12)14-11-4-8(2)15-16-11/h3-4,6H,1-2H3,(H2,13,14,15,16). The van der Waals surface area contributed by atoms with Crippen LogP contribution in [0.1, 0.15) is 16.8 Å². The monoisotopic (exact) mass is 213 g/mol. The lowest BCUT2D eigenvalue weighted by Crippen LogP contribution is -1.95. The van der Waals surface area contributed by atoms with Crippen LogP contribution in [0, 0.1) is 25.2 Å². The molecule has 0 aliphatic carbocycles. The Bertz CT molecular complexity index is 550. The fourth-order valence-corrected chi connectivity index (χ4v) is 1.35. The van der Waals surface area contributed by atoms with Crippen molar-refractivity contribution in [3.8, 4) is 6.07 Å². The molecule has 0 bridgehead atoms. The van der Waals surface area contributed by atoms with Crippen LogP contribution >= 0.6 is 0 Å². The van der Waals surface area contributed by atoms with Gasteiger partial charge in [0.05, 0.1) is 5.56 Å². The van der Waals surface area contributed by atoms with E-state index in [9.17, 15) is 0 Å². The van der Waals surface area contributed by atoms with E-state index in [1.807, 2.05) is 26.0 Å². The van der Waals surface area contributed by atoms with E-state index in [2.05, 4.69) is 26.6 Å². The van der Waals surface area contributed by atoms with Gasteiger partial charge in [-0.3, -0.25) is 5.10 Å². The summed E-state index contributed by atoms with van der Waals surface area (Å²) in [5, 5.41) is 18.7. The molecule has 0 saturated heterocycles. The summed E-state index contributed by atoms with van der Waals surface area (Å²) in [6.07, 6.45) is 1.55. The number of hydrogen-bond donors (Lipinski definition) is 2. The number of rotatable bonds is 2. The van der Waals surface area contributed by atoms with Gasteiger partial charge in [-0.25, -0.2) is 4.98 Å². The molecule has 0 amide bonds. The van der Waals surface area contributed by atoms with Gasteiger partial charge in [0.1, 0.15) is 11.9 Å². The van der Waals surface area contributed by atoms with Gasteiger partial charge in [-0.2, -0.15) is 10.4 Å². The number of nitriles is 1. The Balaban J connectivity index is 2.23. The summed E-state index contributed by atoms with van der Waals surface area (Å²) < 4.78 is 0. The zero-order chi connectivity index (χ0) is 11.5. The van der Waals surface area contributed by atoms with Gasteiger partial charge in [0.2, 0.25) is 0 Å². The lowest BCUT2D eigenvalue weighted by molar-refractivity contribution is 1.05. The van der Waals surface area contributed by atoms with E-state index in [0.717, 1.165) is 11.3 Å². The van der Waals surface area contributed by atoms with Crippen LogP contribution in [0.5, 0.6) is 0 Å². The molecular formula is C11H11N5. The van der Waals surface area contributed by atoms with E-state index in [1.165, 1.54) is 0 Å². The van der Waals surface area contributed by atoms with Crippen LogP contribution in [-0.2, 0) is 0 Å². The maximum absolute atomic E-state index is 8.77. The zero-order valence-electron chi connectivity index (χ0n) is 9.07. The Morgan fingerprint density at radius 2 is 2.12 bits per heavy atom. The quantitative estimate of drug-likeness (QED) is 0.800. The number of aryl methyl sites for hydroxylation is 2. The van der Waals surface area contributed by atoms with E-state index in [1.54, 1.807) is 6.20 Å². The van der Waals surface area contributed by atoms with Crippen molar-refractivity contribution < 1.29 is 0 Å². The first-order chi connectivity index (χ1) is 7.69. The Kier molecular flexibility index (Phi) is 2.56. The maximum atomic E-state index is 8.77. The molecule has 2 aromatic heterocycles. The van der Waals surface area contributed by atoms with Crippen LogP contribution in [0.4, 0.5) is 11.6 Å². The lowest BCUT2D eigenvalue weighted by atomic mass is 10.2. The molecule has 0 saturated carbocycles. The van der Waals surface area contributed by atoms with Crippen molar-refractivity contribution in [2.45, 2.75) is 13.8 Å². The molecule has 2 aromatic rings. The minimum absolute atomic E-state index is 0.587. The topological polar surface area (TPSA) is 77.4 Å². The third kappa shape index (κ3) is 2.01. The summed E-state index contributed by atoms with van der Waals surface area (Å²) in [6, 6.07) is 5.78. The van der Waals surface area contributed by atoms with Gasteiger partial charge >= 0.3 is 0 Å². The Morgan fingerprint density at radius 3 is 2.69 bits per heavy atom. The third-order valence-corrected chi connectivity index (χ3v) is 2.19. The fourth-order valence-electron chi connectivity index (χ4n) is 1.35. The number of nitrogens with zero attached hydrogens (tertiary/aromatic N) is 3. The number of pyridine rings is 1. The molecule has 2 heterocycles. The van der Waals surface area contributed by atoms with Crippen molar-refractivity contribution in [2.75, 3.05) is 5.32 Å². The summed E-state index contributed by atoms with van der Waals surface area (Å²) >= 11 is 0. The van der Waals surface area contributed by atoms with Crippen molar-refractivity contribution in [1.29, 1.82) is 5.26 Å². The van der Waals surface area contributed by atoms with Crippen molar-refractivity contribution in [3.05, 3.63) is 35.2 Å². The molecule has 0 aromatic carbocycles.